The van der Waals surface area contributed by atoms with Crippen LogP contribution in [0.25, 0.3) is 0 Å². The van der Waals surface area contributed by atoms with Crippen molar-refractivity contribution in [3.63, 3.8) is 0 Å². The van der Waals surface area contributed by atoms with Gasteiger partial charge < -0.3 is 24.4 Å². The van der Waals surface area contributed by atoms with Crippen molar-refractivity contribution in [3.8, 4) is 11.5 Å². The molecule has 0 aliphatic heterocycles. The fourth-order valence-electron chi connectivity index (χ4n) is 4.92. The van der Waals surface area contributed by atoms with Crippen LogP contribution in [0, 0.1) is 12.8 Å². The first-order valence-corrected chi connectivity index (χ1v) is 15.2. The van der Waals surface area contributed by atoms with Gasteiger partial charge in [-0.3, -0.25) is 9.78 Å². The van der Waals surface area contributed by atoms with Crippen LogP contribution in [0.3, 0.4) is 0 Å². The third-order valence-corrected chi connectivity index (χ3v) is 7.85. The van der Waals surface area contributed by atoms with Crippen molar-refractivity contribution in [3.05, 3.63) is 87.7 Å². The van der Waals surface area contributed by atoms with Crippen LogP contribution in [-0.4, -0.2) is 63.2 Å². The quantitative estimate of drug-likeness (QED) is 0.200. The van der Waals surface area contributed by atoms with Crippen molar-refractivity contribution >= 4 is 35.2 Å². The van der Waals surface area contributed by atoms with Crippen molar-refractivity contribution in [2.75, 3.05) is 19.8 Å². The van der Waals surface area contributed by atoms with E-state index < -0.39 is 17.6 Å². The number of nitrogens with zero attached hydrogens (tertiary/aromatic N) is 3. The normalized spacial score (nSPS) is 13.7. The Labute approximate surface area is 263 Å². The average Bonchev–Trinajstić information content (AvgIpc) is 3.78. The van der Waals surface area contributed by atoms with Crippen LogP contribution in [0.1, 0.15) is 50.3 Å². The lowest BCUT2D eigenvalue weighted by atomic mass is 9.94. The van der Waals surface area contributed by atoms with Gasteiger partial charge in [-0.15, -0.1) is 0 Å². The van der Waals surface area contributed by atoms with Crippen LogP contribution in [-0.2, 0) is 17.8 Å². The molecule has 1 aliphatic carbocycles. The standard InChI is InChI=1S/C33H39Cl2N3O5/c1-22-16-28(34)30(29(35)17-22)43-15-14-42-27-11-7-23(8-12-27)18-25(21-38(32(40)41)33(2,3)4)31(39)37(26-9-10-26)20-24-6-5-13-36-19-24/h5-8,11-13,16-17,19,25-26H,9-10,14-15,18,20-21H2,1-4H3,(H,40,41). The maximum absolute atomic E-state index is 14.1. The summed E-state index contributed by atoms with van der Waals surface area (Å²) in [4.78, 5) is 33.8. The van der Waals surface area contributed by atoms with Gasteiger partial charge >= 0.3 is 6.09 Å². The number of aromatic nitrogens is 1. The summed E-state index contributed by atoms with van der Waals surface area (Å²) in [5.74, 6) is 0.469. The Hall–Kier alpha value is -3.49. The van der Waals surface area contributed by atoms with Crippen LogP contribution in [0.2, 0.25) is 10.0 Å². The second-order valence-electron chi connectivity index (χ2n) is 11.9. The molecule has 1 heterocycles. The topological polar surface area (TPSA) is 92.2 Å². The van der Waals surface area contributed by atoms with Gasteiger partial charge in [-0.25, -0.2) is 4.79 Å². The minimum atomic E-state index is -1.05. The van der Waals surface area contributed by atoms with Crippen molar-refractivity contribution in [1.82, 2.24) is 14.8 Å². The Morgan fingerprint density at radius 1 is 1.02 bits per heavy atom. The monoisotopic (exact) mass is 627 g/mol. The molecule has 2 aromatic carbocycles. The Morgan fingerprint density at radius 3 is 2.23 bits per heavy atom. The zero-order chi connectivity index (χ0) is 31.1. The highest BCUT2D eigenvalue weighted by Crippen LogP contribution is 2.34. The van der Waals surface area contributed by atoms with Gasteiger partial charge in [-0.1, -0.05) is 41.4 Å². The zero-order valence-corrected chi connectivity index (χ0v) is 26.6. The Kier molecular flexibility index (Phi) is 10.8. The number of ether oxygens (including phenoxy) is 2. The Balaban J connectivity index is 1.44. The SMILES string of the molecule is Cc1cc(Cl)c(OCCOc2ccc(CC(CN(C(=O)O)C(C)(C)C)C(=O)N(Cc3cccnc3)C3CC3)cc2)c(Cl)c1. The van der Waals surface area contributed by atoms with E-state index in [0.717, 1.165) is 29.5 Å². The molecule has 1 atom stereocenters. The van der Waals surface area contributed by atoms with E-state index in [1.807, 2.05) is 69.0 Å². The lowest BCUT2D eigenvalue weighted by molar-refractivity contribution is -0.137. The van der Waals surface area contributed by atoms with E-state index in [1.165, 1.54) is 4.90 Å². The van der Waals surface area contributed by atoms with Gasteiger partial charge in [0.05, 0.1) is 16.0 Å². The minimum Gasteiger partial charge on any atom is -0.490 e. The number of rotatable bonds is 13. The fourth-order valence-corrected chi connectivity index (χ4v) is 5.62. The number of carboxylic acid groups (broad SMARTS) is 1. The second kappa shape index (κ2) is 14.3. The van der Waals surface area contributed by atoms with Crippen LogP contribution in [0.5, 0.6) is 11.5 Å². The van der Waals surface area contributed by atoms with Crippen molar-refractivity contribution in [2.24, 2.45) is 5.92 Å². The molecule has 0 radical (unpaired) electrons. The molecule has 1 N–H and O–H groups in total. The second-order valence-corrected chi connectivity index (χ2v) is 12.7. The number of hydrogen-bond donors (Lipinski definition) is 1. The maximum atomic E-state index is 14.1. The number of benzene rings is 2. The van der Waals surface area contributed by atoms with Gasteiger partial charge in [0, 0.05) is 37.1 Å². The largest absolute Gasteiger partial charge is 0.490 e. The van der Waals surface area contributed by atoms with Gasteiger partial charge in [0.2, 0.25) is 5.91 Å². The molecule has 0 bridgehead atoms. The number of halogens is 2. The molecule has 1 fully saturated rings. The van der Waals surface area contributed by atoms with Crippen LogP contribution in [0.4, 0.5) is 4.79 Å². The molecular formula is C33H39Cl2N3O5. The van der Waals surface area contributed by atoms with Gasteiger partial charge in [-0.05, 0) is 94.0 Å². The lowest BCUT2D eigenvalue weighted by Gasteiger charge is -2.37. The smallest absolute Gasteiger partial charge is 0.407 e. The lowest BCUT2D eigenvalue weighted by Crippen LogP contribution is -2.51. The molecule has 0 spiro atoms. The summed E-state index contributed by atoms with van der Waals surface area (Å²) < 4.78 is 11.6. The molecule has 4 rings (SSSR count). The van der Waals surface area contributed by atoms with Crippen LogP contribution < -0.4 is 9.47 Å². The summed E-state index contributed by atoms with van der Waals surface area (Å²) >= 11 is 12.5. The third kappa shape index (κ3) is 9.25. The maximum Gasteiger partial charge on any atom is 0.407 e. The highest BCUT2D eigenvalue weighted by atomic mass is 35.5. The molecule has 3 aromatic rings. The minimum absolute atomic E-state index is 0.0484. The first-order chi connectivity index (χ1) is 20.4. The molecule has 1 aromatic heterocycles. The molecule has 43 heavy (non-hydrogen) atoms. The molecule has 10 heteroatoms. The van der Waals surface area contributed by atoms with E-state index in [9.17, 15) is 14.7 Å². The van der Waals surface area contributed by atoms with E-state index in [-0.39, 0.29) is 31.7 Å². The summed E-state index contributed by atoms with van der Waals surface area (Å²) in [6.07, 6.45) is 4.71. The molecule has 8 nitrogen and oxygen atoms in total. The number of aryl methyl sites for hydroxylation is 1. The summed E-state index contributed by atoms with van der Waals surface area (Å²) in [5.41, 5.74) is 2.15. The number of carbonyl (C=O) groups excluding carboxylic acids is 1. The average molecular weight is 629 g/mol. The predicted molar refractivity (Wildman–Crippen MR) is 168 cm³/mol. The van der Waals surface area contributed by atoms with Crippen molar-refractivity contribution < 1.29 is 24.2 Å². The van der Waals surface area contributed by atoms with Gasteiger partial charge in [0.15, 0.2) is 5.75 Å². The van der Waals surface area contributed by atoms with Gasteiger partial charge in [0.25, 0.3) is 0 Å². The van der Waals surface area contributed by atoms with Crippen LogP contribution in [0.15, 0.2) is 60.9 Å². The molecule has 1 unspecified atom stereocenters. The van der Waals surface area contributed by atoms with Gasteiger partial charge in [0.1, 0.15) is 19.0 Å². The molecule has 0 saturated heterocycles. The summed E-state index contributed by atoms with van der Waals surface area (Å²) in [7, 11) is 0. The molecular weight excluding hydrogens is 589 g/mol. The van der Waals surface area contributed by atoms with E-state index in [2.05, 4.69) is 4.98 Å². The van der Waals surface area contributed by atoms with E-state index in [1.54, 1.807) is 24.5 Å². The summed E-state index contributed by atoms with van der Waals surface area (Å²) in [5, 5.41) is 10.9. The summed E-state index contributed by atoms with van der Waals surface area (Å²) in [6.45, 7) is 8.51. The van der Waals surface area contributed by atoms with Crippen molar-refractivity contribution in [1.29, 1.82) is 0 Å². The number of hydrogen-bond acceptors (Lipinski definition) is 5. The van der Waals surface area contributed by atoms with Gasteiger partial charge in [-0.2, -0.15) is 0 Å². The van der Waals surface area contributed by atoms with Crippen LogP contribution >= 0.6 is 23.2 Å². The first-order valence-electron chi connectivity index (χ1n) is 14.4. The Bertz CT molecular complexity index is 1370. The molecule has 1 aliphatic rings. The van der Waals surface area contributed by atoms with E-state index in [4.69, 9.17) is 32.7 Å². The highest BCUT2D eigenvalue weighted by molar-refractivity contribution is 6.37. The first kappa shape index (κ1) is 32.4. The third-order valence-electron chi connectivity index (χ3n) is 7.29. The Morgan fingerprint density at radius 2 is 1.67 bits per heavy atom. The molecule has 1 saturated carbocycles. The number of pyridine rings is 1. The zero-order valence-electron chi connectivity index (χ0n) is 25.1. The predicted octanol–water partition coefficient (Wildman–Crippen LogP) is 7.28. The fraction of sp³-hybridized carbons (Fsp3) is 0.424. The summed E-state index contributed by atoms with van der Waals surface area (Å²) in [6, 6.07) is 15.1. The molecule has 230 valence electrons. The van der Waals surface area contributed by atoms with E-state index >= 15 is 0 Å². The number of carbonyl (C=O) groups is 2. The number of amides is 2. The van der Waals surface area contributed by atoms with Crippen molar-refractivity contribution in [2.45, 2.75) is 65.1 Å². The highest BCUT2D eigenvalue weighted by Gasteiger charge is 2.38. The van der Waals surface area contributed by atoms with E-state index in [0.29, 0.717) is 34.5 Å². The molecule has 2 amide bonds.